The Bertz CT molecular complexity index is 768. The van der Waals surface area contributed by atoms with Gasteiger partial charge in [0, 0.05) is 0 Å². The number of sulfonamides is 1. The van der Waals surface area contributed by atoms with Gasteiger partial charge in [0.2, 0.25) is 0 Å². The Morgan fingerprint density at radius 1 is 1.25 bits per heavy atom. The van der Waals surface area contributed by atoms with Gasteiger partial charge in [-0.15, -0.1) is 0 Å². The first-order valence-electron chi connectivity index (χ1n) is 5.26. The number of rotatable bonds is 3. The van der Waals surface area contributed by atoms with E-state index in [2.05, 4.69) is 14.7 Å². The van der Waals surface area contributed by atoms with Gasteiger partial charge in [-0.25, -0.2) is 22.8 Å². The van der Waals surface area contributed by atoms with Crippen LogP contribution in [0.15, 0.2) is 29.4 Å². The molecule has 106 valence electrons. The van der Waals surface area contributed by atoms with Crippen LogP contribution in [0.3, 0.4) is 0 Å². The Balaban J connectivity index is 2.46. The fourth-order valence-electron chi connectivity index (χ4n) is 1.42. The van der Waals surface area contributed by atoms with Crippen LogP contribution >= 0.6 is 23.2 Å². The van der Waals surface area contributed by atoms with Crippen LogP contribution < -0.4 is 4.72 Å². The van der Waals surface area contributed by atoms with Crippen molar-refractivity contribution in [2.75, 3.05) is 4.72 Å². The Morgan fingerprint density at radius 2 is 1.95 bits per heavy atom. The molecule has 2 aromatic rings. The average molecular weight is 336 g/mol. The van der Waals surface area contributed by atoms with Crippen LogP contribution in [-0.4, -0.2) is 18.4 Å². The van der Waals surface area contributed by atoms with E-state index in [4.69, 9.17) is 23.2 Å². The number of aromatic nitrogens is 2. The molecule has 1 N–H and O–H groups in total. The normalized spacial score (nSPS) is 11.4. The van der Waals surface area contributed by atoms with Gasteiger partial charge in [-0.3, -0.25) is 4.72 Å². The molecule has 0 bridgehead atoms. The fraction of sp³-hybridized carbons (Fsp3) is 0.0909. The van der Waals surface area contributed by atoms with Gasteiger partial charge in [0.25, 0.3) is 10.0 Å². The summed E-state index contributed by atoms with van der Waals surface area (Å²) in [6.45, 7) is 1.65. The van der Waals surface area contributed by atoms with Crippen molar-refractivity contribution in [3.63, 3.8) is 0 Å². The number of hydrogen-bond acceptors (Lipinski definition) is 4. The zero-order valence-electron chi connectivity index (χ0n) is 10.1. The first-order chi connectivity index (χ1) is 9.31. The van der Waals surface area contributed by atoms with E-state index in [-0.39, 0.29) is 16.0 Å². The fourth-order valence-corrected chi connectivity index (χ4v) is 2.94. The molecule has 0 radical (unpaired) electrons. The number of benzene rings is 1. The van der Waals surface area contributed by atoms with Gasteiger partial charge in [-0.1, -0.05) is 29.3 Å². The number of nitrogens with zero attached hydrogens (tertiary/aromatic N) is 2. The third-order valence-corrected chi connectivity index (χ3v) is 4.45. The first-order valence-corrected chi connectivity index (χ1v) is 7.50. The molecule has 1 aromatic heterocycles. The lowest BCUT2D eigenvalue weighted by atomic mass is 10.2. The predicted molar refractivity (Wildman–Crippen MR) is 74.0 cm³/mol. The molecule has 9 heteroatoms. The summed E-state index contributed by atoms with van der Waals surface area (Å²) >= 11 is 11.4. The molecule has 0 aliphatic carbocycles. The highest BCUT2D eigenvalue weighted by Gasteiger charge is 2.21. The topological polar surface area (TPSA) is 72.0 Å². The monoisotopic (exact) mass is 335 g/mol. The summed E-state index contributed by atoms with van der Waals surface area (Å²) in [7, 11) is -4.16. The molecule has 0 unspecified atom stereocenters. The molecule has 0 aliphatic heterocycles. The van der Waals surface area contributed by atoms with E-state index in [1.165, 1.54) is 12.1 Å². The van der Waals surface area contributed by atoms with E-state index in [0.29, 0.717) is 5.56 Å². The molecule has 0 spiro atoms. The highest BCUT2D eigenvalue weighted by atomic mass is 35.5. The number of hydrogen-bond donors (Lipinski definition) is 1. The van der Waals surface area contributed by atoms with Crippen LogP contribution in [0, 0.1) is 12.7 Å². The maximum atomic E-state index is 13.6. The minimum Gasteiger partial charge on any atom is -0.262 e. The second-order valence-electron chi connectivity index (χ2n) is 3.87. The molecular formula is C11H8Cl2FN3O2S. The molecule has 0 atom stereocenters. The summed E-state index contributed by atoms with van der Waals surface area (Å²) in [6, 6.07) is 3.73. The maximum absolute atomic E-state index is 13.6. The highest BCUT2D eigenvalue weighted by Crippen LogP contribution is 2.28. The van der Waals surface area contributed by atoms with Crippen LogP contribution in [0.5, 0.6) is 0 Å². The van der Waals surface area contributed by atoms with Crippen molar-refractivity contribution in [1.82, 2.24) is 9.97 Å². The van der Waals surface area contributed by atoms with Crippen molar-refractivity contribution < 1.29 is 12.8 Å². The number of nitrogens with one attached hydrogen (secondary N) is 1. The van der Waals surface area contributed by atoms with Crippen LogP contribution in [0.25, 0.3) is 0 Å². The highest BCUT2D eigenvalue weighted by molar-refractivity contribution is 7.92. The quantitative estimate of drug-likeness (QED) is 0.875. The van der Waals surface area contributed by atoms with E-state index in [0.717, 1.165) is 12.4 Å². The van der Waals surface area contributed by atoms with Crippen molar-refractivity contribution in [2.24, 2.45) is 0 Å². The van der Waals surface area contributed by atoms with Crippen LogP contribution in [0.4, 0.5) is 10.2 Å². The van der Waals surface area contributed by atoms with Crippen molar-refractivity contribution in [3.8, 4) is 0 Å². The molecule has 0 saturated heterocycles. The summed E-state index contributed by atoms with van der Waals surface area (Å²) in [5.74, 6) is -1.09. The molecule has 1 aromatic carbocycles. The molecule has 1 heterocycles. The van der Waals surface area contributed by atoms with E-state index in [1.807, 2.05) is 0 Å². The number of anilines is 1. The third kappa shape index (κ3) is 3.00. The Hall–Kier alpha value is -1.44. The molecule has 0 fully saturated rings. The lowest BCUT2D eigenvalue weighted by Gasteiger charge is -2.10. The number of aryl methyl sites for hydroxylation is 1. The molecule has 0 amide bonds. The van der Waals surface area contributed by atoms with E-state index in [1.54, 1.807) is 6.92 Å². The summed E-state index contributed by atoms with van der Waals surface area (Å²) in [5.41, 5.74) is 0.596. The van der Waals surface area contributed by atoms with Crippen LogP contribution in [0.1, 0.15) is 5.56 Å². The van der Waals surface area contributed by atoms with Gasteiger partial charge >= 0.3 is 0 Å². The van der Waals surface area contributed by atoms with Gasteiger partial charge in [0.05, 0.1) is 0 Å². The summed E-state index contributed by atoms with van der Waals surface area (Å²) in [6.07, 6.45) is 1.04. The van der Waals surface area contributed by atoms with Crippen molar-refractivity contribution in [2.45, 2.75) is 11.8 Å². The first kappa shape index (κ1) is 15.0. The second kappa shape index (κ2) is 5.51. The third-order valence-electron chi connectivity index (χ3n) is 2.35. The predicted octanol–water partition coefficient (Wildman–Crippen LogP) is 3.03. The summed E-state index contributed by atoms with van der Waals surface area (Å²) < 4.78 is 40.0. The van der Waals surface area contributed by atoms with Gasteiger partial charge in [0.1, 0.15) is 22.1 Å². The molecule has 2 rings (SSSR count). The summed E-state index contributed by atoms with van der Waals surface area (Å²) in [5, 5.41) is -0.269. The van der Waals surface area contributed by atoms with Crippen molar-refractivity contribution in [3.05, 3.63) is 46.1 Å². The van der Waals surface area contributed by atoms with Gasteiger partial charge in [0.15, 0.2) is 11.0 Å². The Labute approximate surface area is 124 Å². The maximum Gasteiger partial charge on any atom is 0.266 e. The lowest BCUT2D eigenvalue weighted by molar-refractivity contribution is 0.569. The zero-order chi connectivity index (χ0) is 14.9. The standard InChI is InChI=1S/C11H8Cl2FN3O2S/c1-6-2-3-7(14)8(4-6)20(18,19)17-11-9(12)10(13)15-5-16-11/h2-5H,1H3,(H,15,16,17). The Kier molecular flexibility index (Phi) is 4.12. The SMILES string of the molecule is Cc1ccc(F)c(S(=O)(=O)Nc2ncnc(Cl)c2Cl)c1. The molecule has 0 aliphatic rings. The van der Waals surface area contributed by atoms with Crippen LogP contribution in [0.2, 0.25) is 10.2 Å². The molecule has 0 saturated carbocycles. The van der Waals surface area contributed by atoms with E-state index in [9.17, 15) is 12.8 Å². The van der Waals surface area contributed by atoms with E-state index < -0.39 is 20.7 Å². The van der Waals surface area contributed by atoms with Crippen molar-refractivity contribution >= 4 is 39.0 Å². The molecule has 5 nitrogen and oxygen atoms in total. The minimum absolute atomic E-state index is 0.107. The van der Waals surface area contributed by atoms with E-state index >= 15 is 0 Å². The molecular weight excluding hydrogens is 328 g/mol. The van der Waals surface area contributed by atoms with Gasteiger partial charge in [-0.2, -0.15) is 0 Å². The van der Waals surface area contributed by atoms with Crippen molar-refractivity contribution in [1.29, 1.82) is 0 Å². The largest absolute Gasteiger partial charge is 0.266 e. The lowest BCUT2D eigenvalue weighted by Crippen LogP contribution is -2.16. The Morgan fingerprint density at radius 3 is 2.65 bits per heavy atom. The minimum atomic E-state index is -4.16. The smallest absolute Gasteiger partial charge is 0.262 e. The van der Waals surface area contributed by atoms with Gasteiger partial charge in [-0.05, 0) is 24.6 Å². The zero-order valence-corrected chi connectivity index (χ0v) is 12.4. The molecule has 20 heavy (non-hydrogen) atoms. The van der Waals surface area contributed by atoms with Crippen LogP contribution in [-0.2, 0) is 10.0 Å². The number of halogens is 3. The summed E-state index contributed by atoms with van der Waals surface area (Å²) in [4.78, 5) is 6.75. The average Bonchev–Trinajstić information content (AvgIpc) is 2.37. The van der Waals surface area contributed by atoms with Gasteiger partial charge < -0.3 is 0 Å². The second-order valence-corrected chi connectivity index (χ2v) is 6.25.